The molecule has 21 heavy (non-hydrogen) atoms. The van der Waals surface area contributed by atoms with Gasteiger partial charge in [-0.1, -0.05) is 23.7 Å². The molecule has 3 atom stereocenters. The second-order valence-corrected chi connectivity index (χ2v) is 6.93. The van der Waals surface area contributed by atoms with Crippen LogP contribution in [0.4, 0.5) is 0 Å². The van der Waals surface area contributed by atoms with E-state index in [9.17, 15) is 0 Å². The fourth-order valence-corrected chi connectivity index (χ4v) is 4.68. The number of ether oxygens (including phenoxy) is 1. The smallest absolute Gasteiger partial charge is 0.123 e. The third kappa shape index (κ3) is 2.33. The summed E-state index contributed by atoms with van der Waals surface area (Å²) >= 11 is 0. The van der Waals surface area contributed by atoms with E-state index in [4.69, 9.17) is 9.94 Å². The SMILES string of the molecule is ON=C1CCCc2c(OCC3CC4CCC3C4)cccc21. The van der Waals surface area contributed by atoms with Gasteiger partial charge in [0.25, 0.3) is 0 Å². The Bertz CT molecular complexity index is 566. The van der Waals surface area contributed by atoms with Crippen molar-refractivity contribution < 1.29 is 9.94 Å². The summed E-state index contributed by atoms with van der Waals surface area (Å²) in [5.41, 5.74) is 3.12. The van der Waals surface area contributed by atoms with E-state index in [1.54, 1.807) is 0 Å². The molecule has 0 heterocycles. The van der Waals surface area contributed by atoms with Crippen molar-refractivity contribution in [3.63, 3.8) is 0 Å². The molecule has 112 valence electrons. The normalized spacial score (nSPS) is 32.4. The highest BCUT2D eigenvalue weighted by Crippen LogP contribution is 2.48. The standard InChI is InChI=1S/C18H23NO2/c20-19-17-5-1-4-16-15(17)3-2-6-18(16)21-11-14-10-12-7-8-13(14)9-12/h2-3,6,12-14,20H,1,4-5,7-11H2. The summed E-state index contributed by atoms with van der Waals surface area (Å²) in [6.45, 7) is 0.864. The number of oxime groups is 1. The van der Waals surface area contributed by atoms with Gasteiger partial charge in [0.1, 0.15) is 5.75 Å². The molecule has 3 unspecified atom stereocenters. The summed E-state index contributed by atoms with van der Waals surface area (Å²) < 4.78 is 6.20. The van der Waals surface area contributed by atoms with Gasteiger partial charge in [-0.3, -0.25) is 0 Å². The van der Waals surface area contributed by atoms with E-state index in [1.807, 2.05) is 12.1 Å². The Kier molecular flexibility index (Phi) is 3.36. The van der Waals surface area contributed by atoms with E-state index in [0.717, 1.165) is 60.6 Å². The number of hydrogen-bond acceptors (Lipinski definition) is 3. The van der Waals surface area contributed by atoms with Crippen LogP contribution < -0.4 is 4.74 Å². The second-order valence-electron chi connectivity index (χ2n) is 6.93. The van der Waals surface area contributed by atoms with Crippen LogP contribution in [-0.4, -0.2) is 17.5 Å². The van der Waals surface area contributed by atoms with Crippen molar-refractivity contribution in [3.8, 4) is 5.75 Å². The van der Waals surface area contributed by atoms with E-state index in [2.05, 4.69) is 11.2 Å². The molecule has 0 aromatic heterocycles. The molecular weight excluding hydrogens is 262 g/mol. The van der Waals surface area contributed by atoms with Crippen molar-refractivity contribution in [3.05, 3.63) is 29.3 Å². The molecular formula is C18H23NO2. The summed E-state index contributed by atoms with van der Waals surface area (Å²) in [6, 6.07) is 6.14. The first-order chi connectivity index (χ1) is 10.3. The third-order valence-electron chi connectivity index (χ3n) is 5.74. The van der Waals surface area contributed by atoms with E-state index in [-0.39, 0.29) is 0 Å². The van der Waals surface area contributed by atoms with Gasteiger partial charge in [-0.05, 0) is 62.3 Å². The van der Waals surface area contributed by atoms with Gasteiger partial charge < -0.3 is 9.94 Å². The number of hydrogen-bond donors (Lipinski definition) is 1. The summed E-state index contributed by atoms with van der Waals surface area (Å²) in [5.74, 6) is 3.65. The predicted octanol–water partition coefficient (Wildman–Crippen LogP) is 4.02. The Balaban J connectivity index is 1.51. The fourth-order valence-electron chi connectivity index (χ4n) is 4.68. The van der Waals surface area contributed by atoms with Crippen LogP contribution in [0.5, 0.6) is 5.75 Å². The van der Waals surface area contributed by atoms with Crippen molar-refractivity contribution in [1.29, 1.82) is 0 Å². The number of fused-ring (bicyclic) bond motifs is 3. The zero-order valence-corrected chi connectivity index (χ0v) is 12.4. The molecule has 3 nitrogen and oxygen atoms in total. The Morgan fingerprint density at radius 2 is 2.14 bits per heavy atom. The van der Waals surface area contributed by atoms with Gasteiger partial charge in [-0.2, -0.15) is 0 Å². The van der Waals surface area contributed by atoms with E-state index >= 15 is 0 Å². The van der Waals surface area contributed by atoms with Gasteiger partial charge in [-0.15, -0.1) is 0 Å². The van der Waals surface area contributed by atoms with Gasteiger partial charge >= 0.3 is 0 Å². The average molecular weight is 285 g/mol. The maximum absolute atomic E-state index is 9.15. The van der Waals surface area contributed by atoms with Crippen LogP contribution in [0.25, 0.3) is 0 Å². The lowest BCUT2D eigenvalue weighted by molar-refractivity contribution is 0.194. The molecule has 1 N–H and O–H groups in total. The zero-order valence-electron chi connectivity index (χ0n) is 12.4. The van der Waals surface area contributed by atoms with Crippen LogP contribution in [0.15, 0.2) is 23.4 Å². The average Bonchev–Trinajstić information content (AvgIpc) is 3.15. The first kappa shape index (κ1) is 13.2. The first-order valence-corrected chi connectivity index (χ1v) is 8.31. The topological polar surface area (TPSA) is 41.8 Å². The van der Waals surface area contributed by atoms with Crippen LogP contribution >= 0.6 is 0 Å². The van der Waals surface area contributed by atoms with Gasteiger partial charge in [0, 0.05) is 11.1 Å². The summed E-state index contributed by atoms with van der Waals surface area (Å²) in [7, 11) is 0. The van der Waals surface area contributed by atoms with Crippen molar-refractivity contribution in [2.45, 2.75) is 44.9 Å². The van der Waals surface area contributed by atoms with Crippen LogP contribution in [-0.2, 0) is 6.42 Å². The molecule has 1 aromatic carbocycles. The molecule has 3 heteroatoms. The zero-order chi connectivity index (χ0) is 14.2. The first-order valence-electron chi connectivity index (χ1n) is 8.31. The molecule has 3 aliphatic carbocycles. The van der Waals surface area contributed by atoms with Gasteiger partial charge in [0.15, 0.2) is 0 Å². The lowest BCUT2D eigenvalue weighted by Gasteiger charge is -2.24. The summed E-state index contributed by atoms with van der Waals surface area (Å²) in [4.78, 5) is 0. The molecule has 0 aliphatic heterocycles. The Morgan fingerprint density at radius 3 is 2.90 bits per heavy atom. The Morgan fingerprint density at radius 1 is 1.19 bits per heavy atom. The maximum Gasteiger partial charge on any atom is 0.123 e. The molecule has 0 saturated heterocycles. The van der Waals surface area contributed by atoms with Crippen LogP contribution in [0.1, 0.15) is 49.7 Å². The molecule has 0 radical (unpaired) electrons. The molecule has 0 spiro atoms. The monoisotopic (exact) mass is 285 g/mol. The van der Waals surface area contributed by atoms with Crippen LogP contribution in [0, 0.1) is 17.8 Å². The lowest BCUT2D eigenvalue weighted by atomic mass is 9.88. The van der Waals surface area contributed by atoms with Gasteiger partial charge in [0.2, 0.25) is 0 Å². The minimum absolute atomic E-state index is 0.758. The number of rotatable bonds is 3. The quantitative estimate of drug-likeness (QED) is 0.673. The van der Waals surface area contributed by atoms with Gasteiger partial charge in [0.05, 0.1) is 12.3 Å². The fraction of sp³-hybridized carbons (Fsp3) is 0.611. The van der Waals surface area contributed by atoms with Gasteiger partial charge in [-0.25, -0.2) is 0 Å². The highest BCUT2D eigenvalue weighted by molar-refractivity contribution is 6.02. The number of nitrogens with zero attached hydrogens (tertiary/aromatic N) is 1. The molecule has 4 rings (SSSR count). The molecule has 2 bridgehead atoms. The molecule has 1 aromatic rings. The van der Waals surface area contributed by atoms with Crippen LogP contribution in [0.2, 0.25) is 0 Å². The Hall–Kier alpha value is -1.51. The molecule has 2 saturated carbocycles. The van der Waals surface area contributed by atoms with E-state index < -0.39 is 0 Å². The highest BCUT2D eigenvalue weighted by atomic mass is 16.5. The lowest BCUT2D eigenvalue weighted by Crippen LogP contribution is -2.20. The van der Waals surface area contributed by atoms with Crippen molar-refractivity contribution in [2.24, 2.45) is 22.9 Å². The predicted molar refractivity (Wildman–Crippen MR) is 82.1 cm³/mol. The largest absolute Gasteiger partial charge is 0.493 e. The second kappa shape index (κ2) is 5.36. The van der Waals surface area contributed by atoms with Crippen molar-refractivity contribution in [1.82, 2.24) is 0 Å². The number of benzene rings is 1. The third-order valence-corrected chi connectivity index (χ3v) is 5.74. The molecule has 3 aliphatic rings. The summed E-state index contributed by atoms with van der Waals surface area (Å²) in [6.07, 6.45) is 8.58. The highest BCUT2D eigenvalue weighted by Gasteiger charge is 2.39. The van der Waals surface area contributed by atoms with E-state index in [1.165, 1.54) is 31.2 Å². The Labute approximate surface area is 126 Å². The molecule has 2 fully saturated rings. The minimum atomic E-state index is 0.758. The van der Waals surface area contributed by atoms with E-state index in [0.29, 0.717) is 0 Å². The summed E-state index contributed by atoms with van der Waals surface area (Å²) in [5, 5.41) is 12.6. The minimum Gasteiger partial charge on any atom is -0.493 e. The molecule has 0 amide bonds. The van der Waals surface area contributed by atoms with Crippen molar-refractivity contribution in [2.75, 3.05) is 6.61 Å². The van der Waals surface area contributed by atoms with Crippen molar-refractivity contribution >= 4 is 5.71 Å². The maximum atomic E-state index is 9.15. The van der Waals surface area contributed by atoms with Crippen LogP contribution in [0.3, 0.4) is 0 Å².